The van der Waals surface area contributed by atoms with Crippen molar-refractivity contribution in [3.63, 3.8) is 0 Å². The molecule has 0 saturated carbocycles. The summed E-state index contributed by atoms with van der Waals surface area (Å²) in [5.74, 6) is -2.40. The van der Waals surface area contributed by atoms with Crippen LogP contribution in [-0.4, -0.2) is 55.3 Å². The molecule has 1 amide bonds. The highest BCUT2D eigenvalue weighted by molar-refractivity contribution is 7.91. The molecule has 0 unspecified atom stereocenters. The number of pyridine rings is 2. The van der Waals surface area contributed by atoms with Crippen LogP contribution in [-0.2, 0) is 19.7 Å². The van der Waals surface area contributed by atoms with E-state index in [1.54, 1.807) is 0 Å². The quantitative estimate of drug-likeness (QED) is 0.664. The number of rotatable bonds is 6. The highest BCUT2D eigenvalue weighted by atomic mass is 32.2. The fraction of sp³-hybridized carbons (Fsp3) is 0.250. The van der Waals surface area contributed by atoms with Crippen molar-refractivity contribution in [2.45, 2.75) is 23.6 Å². The van der Waals surface area contributed by atoms with Crippen molar-refractivity contribution in [3.05, 3.63) is 48.0 Å². The van der Waals surface area contributed by atoms with Gasteiger partial charge in [-0.15, -0.1) is 0 Å². The lowest BCUT2D eigenvalue weighted by molar-refractivity contribution is 0.0685. The van der Waals surface area contributed by atoms with Crippen molar-refractivity contribution in [2.75, 3.05) is 11.5 Å². The zero-order chi connectivity index (χ0) is 21.5. The number of amides is 1. The third-order valence-electron chi connectivity index (χ3n) is 3.41. The van der Waals surface area contributed by atoms with Crippen molar-refractivity contribution >= 4 is 31.6 Å². The molecule has 0 aromatic carbocycles. The summed E-state index contributed by atoms with van der Waals surface area (Å²) in [5, 5.41) is 8.70. The van der Waals surface area contributed by atoms with Crippen LogP contribution in [0.25, 0.3) is 0 Å². The van der Waals surface area contributed by atoms with Crippen molar-refractivity contribution < 1.29 is 31.5 Å². The number of sulfone groups is 2. The lowest BCUT2D eigenvalue weighted by Gasteiger charge is -2.04. The molecule has 10 nitrogen and oxygen atoms in total. The molecule has 0 saturated heterocycles. The van der Waals surface area contributed by atoms with Crippen molar-refractivity contribution in [3.8, 4) is 0 Å². The zero-order valence-corrected chi connectivity index (χ0v) is 16.7. The highest BCUT2D eigenvalue weighted by Crippen LogP contribution is 2.15. The second-order valence-corrected chi connectivity index (χ2v) is 9.67. The Morgan fingerprint density at radius 3 is 1.64 bits per heavy atom. The maximum absolute atomic E-state index is 11.5. The third-order valence-corrected chi connectivity index (χ3v) is 6.93. The summed E-state index contributed by atoms with van der Waals surface area (Å²) in [6.45, 7) is 2.95. The molecule has 0 aliphatic heterocycles. The Balaban J connectivity index is 0.000000280. The number of carbonyl (C=O) groups excluding carboxylic acids is 1. The minimum Gasteiger partial charge on any atom is -0.476 e. The molecule has 0 fully saturated rings. The predicted octanol–water partition coefficient (Wildman–Crippen LogP) is 0.548. The van der Waals surface area contributed by atoms with E-state index in [2.05, 4.69) is 9.97 Å². The average Bonchev–Trinajstić information content (AvgIpc) is 2.68. The first-order valence-electron chi connectivity index (χ1n) is 7.86. The summed E-state index contributed by atoms with van der Waals surface area (Å²) in [7, 11) is -6.95. The molecule has 12 heteroatoms. The van der Waals surface area contributed by atoms with Gasteiger partial charge in [0.25, 0.3) is 5.91 Å². The third kappa shape index (κ3) is 5.57. The number of nitrogens with zero attached hydrogens (tertiary/aromatic N) is 2. The molecular weight excluding hydrogens is 410 g/mol. The summed E-state index contributed by atoms with van der Waals surface area (Å²) in [4.78, 5) is 28.4. The Labute approximate surface area is 162 Å². The Kier molecular flexibility index (Phi) is 7.76. The monoisotopic (exact) mass is 429 g/mol. The normalized spacial score (nSPS) is 11.2. The number of primary amides is 1. The zero-order valence-electron chi connectivity index (χ0n) is 15.1. The molecule has 0 radical (unpaired) electrons. The molecule has 0 aliphatic carbocycles. The highest BCUT2D eigenvalue weighted by Gasteiger charge is 2.21. The van der Waals surface area contributed by atoms with E-state index >= 15 is 0 Å². The van der Waals surface area contributed by atoms with E-state index < -0.39 is 37.2 Å². The van der Waals surface area contributed by atoms with Crippen LogP contribution in [0.5, 0.6) is 0 Å². The molecule has 3 N–H and O–H groups in total. The first kappa shape index (κ1) is 23.2. The molecule has 0 atom stereocenters. The largest absolute Gasteiger partial charge is 0.476 e. The van der Waals surface area contributed by atoms with Crippen LogP contribution in [0.15, 0.2) is 46.5 Å². The van der Waals surface area contributed by atoms with Gasteiger partial charge in [0, 0.05) is 12.4 Å². The Morgan fingerprint density at radius 2 is 1.29 bits per heavy atom. The van der Waals surface area contributed by atoms with Gasteiger partial charge >= 0.3 is 5.97 Å². The van der Waals surface area contributed by atoms with Crippen LogP contribution in [0.2, 0.25) is 0 Å². The van der Waals surface area contributed by atoms with Crippen LogP contribution in [0.4, 0.5) is 0 Å². The maximum Gasteiger partial charge on any atom is 0.355 e. The topological polar surface area (TPSA) is 174 Å². The molecular formula is C16H19N3O7S2. The minimum absolute atomic E-state index is 0.0844. The predicted molar refractivity (Wildman–Crippen MR) is 99.4 cm³/mol. The lowest BCUT2D eigenvalue weighted by Crippen LogP contribution is -2.18. The second-order valence-electron chi connectivity index (χ2n) is 5.18. The Hall–Kier alpha value is -2.86. The second kappa shape index (κ2) is 9.37. The summed E-state index contributed by atoms with van der Waals surface area (Å²) in [5.41, 5.74) is 4.38. The molecule has 2 rings (SSSR count). The summed E-state index contributed by atoms with van der Waals surface area (Å²) in [6.07, 6.45) is 2.58. The van der Waals surface area contributed by atoms with Gasteiger partial charge in [-0.2, -0.15) is 0 Å². The van der Waals surface area contributed by atoms with Crippen LogP contribution < -0.4 is 5.73 Å². The van der Waals surface area contributed by atoms with E-state index in [0.29, 0.717) is 0 Å². The standard InChI is InChI=1S/C8H10N2O3S.C8H9NO4S/c1-2-14(12,13)6-4-3-5-10-7(6)8(9)11;1-2-14(12,13)6-4-3-5-9-7(6)8(10)11/h3-5H,2H2,1H3,(H2,9,11);3-5H,2H2,1H3,(H,10,11). The number of aromatic carboxylic acids is 1. The van der Waals surface area contributed by atoms with Gasteiger partial charge in [0.05, 0.1) is 21.3 Å². The van der Waals surface area contributed by atoms with Crippen LogP contribution in [0.1, 0.15) is 34.8 Å². The molecule has 28 heavy (non-hydrogen) atoms. The molecule has 2 aromatic heterocycles. The lowest BCUT2D eigenvalue weighted by atomic mass is 10.3. The number of carbonyl (C=O) groups is 2. The van der Waals surface area contributed by atoms with Crippen molar-refractivity contribution in [1.29, 1.82) is 0 Å². The molecule has 0 aliphatic rings. The van der Waals surface area contributed by atoms with Gasteiger partial charge in [0.1, 0.15) is 5.69 Å². The number of carboxylic acids is 1. The van der Waals surface area contributed by atoms with Gasteiger partial charge in [-0.05, 0) is 24.3 Å². The fourth-order valence-corrected chi connectivity index (χ4v) is 4.02. The first-order chi connectivity index (χ1) is 13.0. The van der Waals surface area contributed by atoms with E-state index in [9.17, 15) is 26.4 Å². The first-order valence-corrected chi connectivity index (χ1v) is 11.2. The SMILES string of the molecule is CCS(=O)(=O)c1cccnc1C(=O)O.CCS(=O)(=O)c1cccnc1C(N)=O. The number of carboxylic acid groups (broad SMARTS) is 1. The van der Waals surface area contributed by atoms with Gasteiger partial charge in [-0.1, -0.05) is 13.8 Å². The minimum atomic E-state index is -3.52. The van der Waals surface area contributed by atoms with Crippen molar-refractivity contribution in [2.24, 2.45) is 5.73 Å². The van der Waals surface area contributed by atoms with Gasteiger partial charge < -0.3 is 10.8 Å². The van der Waals surface area contributed by atoms with E-state index in [0.717, 1.165) is 0 Å². The maximum atomic E-state index is 11.5. The van der Waals surface area contributed by atoms with Gasteiger partial charge in [0.2, 0.25) is 0 Å². The van der Waals surface area contributed by atoms with Gasteiger partial charge in [-0.3, -0.25) is 4.79 Å². The van der Waals surface area contributed by atoms with Crippen molar-refractivity contribution in [1.82, 2.24) is 9.97 Å². The van der Waals surface area contributed by atoms with Crippen LogP contribution in [0, 0.1) is 0 Å². The molecule has 2 aromatic rings. The number of nitrogens with two attached hydrogens (primary N) is 1. The summed E-state index contributed by atoms with van der Waals surface area (Å²) >= 11 is 0. The Morgan fingerprint density at radius 1 is 0.893 bits per heavy atom. The average molecular weight is 429 g/mol. The summed E-state index contributed by atoms with van der Waals surface area (Å²) < 4.78 is 45.8. The molecule has 152 valence electrons. The summed E-state index contributed by atoms with van der Waals surface area (Å²) in [6, 6.07) is 5.42. The van der Waals surface area contributed by atoms with Crippen LogP contribution in [0.3, 0.4) is 0 Å². The van der Waals surface area contributed by atoms with E-state index in [1.807, 2.05) is 0 Å². The van der Waals surface area contributed by atoms with Gasteiger partial charge in [-0.25, -0.2) is 31.6 Å². The number of aromatic nitrogens is 2. The molecule has 2 heterocycles. The molecule has 0 bridgehead atoms. The van der Waals surface area contributed by atoms with Crippen LogP contribution >= 0.6 is 0 Å². The van der Waals surface area contributed by atoms with E-state index in [-0.39, 0.29) is 27.0 Å². The van der Waals surface area contributed by atoms with E-state index in [1.165, 1.54) is 50.5 Å². The smallest absolute Gasteiger partial charge is 0.355 e. The fourth-order valence-electron chi connectivity index (χ4n) is 1.94. The van der Waals surface area contributed by atoms with Gasteiger partial charge in [0.15, 0.2) is 25.4 Å². The molecule has 0 spiro atoms. The number of hydrogen-bond donors (Lipinski definition) is 2. The Bertz CT molecular complexity index is 993. The number of hydrogen-bond acceptors (Lipinski definition) is 8. The van der Waals surface area contributed by atoms with E-state index in [4.69, 9.17) is 10.8 Å².